The maximum absolute atomic E-state index is 3.56. The van der Waals surface area contributed by atoms with Gasteiger partial charge in [0, 0.05) is 11.6 Å². The van der Waals surface area contributed by atoms with E-state index in [4.69, 9.17) is 0 Å². The maximum Gasteiger partial charge on any atom is 0.0325 e. The Hall–Kier alpha value is -0.860. The van der Waals surface area contributed by atoms with E-state index in [9.17, 15) is 0 Å². The lowest BCUT2D eigenvalue weighted by Gasteiger charge is -2.45. The molecule has 2 rings (SSSR count). The van der Waals surface area contributed by atoms with Crippen molar-refractivity contribution in [3.05, 3.63) is 35.4 Å². The Kier molecular flexibility index (Phi) is 4.32. The molecule has 106 valence electrons. The molecule has 0 saturated heterocycles. The number of nitrogens with zero attached hydrogens (tertiary/aromatic N) is 1. The van der Waals surface area contributed by atoms with Crippen molar-refractivity contribution in [2.45, 2.75) is 50.6 Å². The Morgan fingerprint density at radius 3 is 2.58 bits per heavy atom. The van der Waals surface area contributed by atoms with E-state index < -0.39 is 0 Å². The van der Waals surface area contributed by atoms with Gasteiger partial charge in [-0.3, -0.25) is 0 Å². The molecule has 0 amide bonds. The normalized spacial score (nSPS) is 22.5. The zero-order valence-corrected chi connectivity index (χ0v) is 13.0. The van der Waals surface area contributed by atoms with Crippen LogP contribution in [0.4, 0.5) is 0 Å². The number of hydrogen-bond acceptors (Lipinski definition) is 2. The fraction of sp³-hybridized carbons (Fsp3) is 0.647. The first-order chi connectivity index (χ1) is 9.02. The first-order valence-electron chi connectivity index (χ1n) is 7.45. The van der Waals surface area contributed by atoms with Crippen LogP contribution in [0.15, 0.2) is 24.3 Å². The quantitative estimate of drug-likeness (QED) is 0.846. The first-order valence-corrected chi connectivity index (χ1v) is 7.45. The number of rotatable bonds is 6. The first kappa shape index (κ1) is 14.5. The molecule has 0 spiro atoms. The molecule has 3 unspecified atom stereocenters. The fourth-order valence-electron chi connectivity index (χ4n) is 3.41. The average molecular weight is 260 g/mol. The van der Waals surface area contributed by atoms with Gasteiger partial charge in [-0.05, 0) is 64.4 Å². The zero-order chi connectivity index (χ0) is 14.0. The lowest BCUT2D eigenvalue weighted by Crippen LogP contribution is -2.56. The monoisotopic (exact) mass is 260 g/mol. The van der Waals surface area contributed by atoms with Gasteiger partial charge in [-0.1, -0.05) is 31.2 Å². The molecule has 2 heteroatoms. The van der Waals surface area contributed by atoms with E-state index in [1.54, 1.807) is 11.1 Å². The minimum atomic E-state index is 0.222. The predicted molar refractivity (Wildman–Crippen MR) is 82.7 cm³/mol. The van der Waals surface area contributed by atoms with E-state index >= 15 is 0 Å². The topological polar surface area (TPSA) is 15.3 Å². The Morgan fingerprint density at radius 2 is 2.05 bits per heavy atom. The minimum absolute atomic E-state index is 0.222. The molecule has 0 aliphatic heterocycles. The Morgan fingerprint density at radius 1 is 1.37 bits per heavy atom. The largest absolute Gasteiger partial charge is 0.315 e. The third kappa shape index (κ3) is 2.56. The van der Waals surface area contributed by atoms with E-state index in [0.717, 1.165) is 5.92 Å². The van der Waals surface area contributed by atoms with Gasteiger partial charge >= 0.3 is 0 Å². The van der Waals surface area contributed by atoms with E-state index in [1.807, 2.05) is 0 Å². The van der Waals surface area contributed by atoms with Crippen LogP contribution in [-0.4, -0.2) is 37.6 Å². The Labute approximate surface area is 118 Å². The van der Waals surface area contributed by atoms with Gasteiger partial charge in [0.1, 0.15) is 0 Å². The highest BCUT2D eigenvalue weighted by Gasteiger charge is 2.37. The summed E-state index contributed by atoms with van der Waals surface area (Å²) in [6.07, 6.45) is 3.65. The molecule has 1 aliphatic rings. The SMILES string of the molecule is CCC(C)(C(CC1Cc2ccccc21)NC)N(C)C. The lowest BCUT2D eigenvalue weighted by molar-refractivity contribution is 0.106. The summed E-state index contributed by atoms with van der Waals surface area (Å²) in [5, 5.41) is 3.56. The van der Waals surface area contributed by atoms with Gasteiger partial charge in [0.2, 0.25) is 0 Å². The highest BCUT2D eigenvalue weighted by atomic mass is 15.2. The van der Waals surface area contributed by atoms with Gasteiger partial charge in [0.15, 0.2) is 0 Å². The van der Waals surface area contributed by atoms with Crippen LogP contribution in [-0.2, 0) is 6.42 Å². The van der Waals surface area contributed by atoms with Crippen molar-refractivity contribution in [1.82, 2.24) is 10.2 Å². The lowest BCUT2D eigenvalue weighted by atomic mass is 9.71. The summed E-state index contributed by atoms with van der Waals surface area (Å²) in [6, 6.07) is 9.43. The molecule has 0 saturated carbocycles. The van der Waals surface area contributed by atoms with Crippen molar-refractivity contribution >= 4 is 0 Å². The molecular formula is C17H28N2. The van der Waals surface area contributed by atoms with Crippen LogP contribution >= 0.6 is 0 Å². The Balaban J connectivity index is 2.09. The molecule has 0 radical (unpaired) electrons. The van der Waals surface area contributed by atoms with Gasteiger partial charge in [0.25, 0.3) is 0 Å². The smallest absolute Gasteiger partial charge is 0.0325 e. The van der Waals surface area contributed by atoms with Gasteiger partial charge in [-0.2, -0.15) is 0 Å². The molecule has 0 fully saturated rings. The molecule has 1 aromatic rings. The number of hydrogen-bond donors (Lipinski definition) is 1. The summed E-state index contributed by atoms with van der Waals surface area (Å²) in [7, 11) is 6.50. The van der Waals surface area contributed by atoms with Crippen molar-refractivity contribution in [1.29, 1.82) is 0 Å². The van der Waals surface area contributed by atoms with Crippen LogP contribution in [0, 0.1) is 0 Å². The number of fused-ring (bicyclic) bond motifs is 1. The minimum Gasteiger partial charge on any atom is -0.315 e. The average Bonchev–Trinajstić information content (AvgIpc) is 2.39. The second-order valence-corrected chi connectivity index (χ2v) is 6.28. The molecule has 1 N–H and O–H groups in total. The summed E-state index contributed by atoms with van der Waals surface area (Å²) in [5.41, 5.74) is 3.34. The van der Waals surface area contributed by atoms with E-state index in [-0.39, 0.29) is 5.54 Å². The molecule has 2 nitrogen and oxygen atoms in total. The highest BCUT2D eigenvalue weighted by molar-refractivity contribution is 5.40. The van der Waals surface area contributed by atoms with Crippen molar-refractivity contribution in [3.8, 4) is 0 Å². The molecule has 1 aliphatic carbocycles. The summed E-state index contributed by atoms with van der Waals surface area (Å²) in [5.74, 6) is 0.736. The fourth-order valence-corrected chi connectivity index (χ4v) is 3.41. The van der Waals surface area contributed by atoms with Crippen molar-refractivity contribution in [2.24, 2.45) is 0 Å². The van der Waals surface area contributed by atoms with Crippen LogP contribution in [0.1, 0.15) is 43.7 Å². The molecule has 0 bridgehead atoms. The van der Waals surface area contributed by atoms with Gasteiger partial charge in [-0.25, -0.2) is 0 Å². The Bertz CT molecular complexity index is 427. The third-order valence-electron chi connectivity index (χ3n) is 5.32. The molecule has 19 heavy (non-hydrogen) atoms. The van der Waals surface area contributed by atoms with Crippen LogP contribution in [0.3, 0.4) is 0 Å². The van der Waals surface area contributed by atoms with Crippen LogP contribution in [0.2, 0.25) is 0 Å². The van der Waals surface area contributed by atoms with Crippen molar-refractivity contribution in [3.63, 3.8) is 0 Å². The standard InChI is InChI=1S/C17H28N2/c1-6-17(2,19(4)5)16(18-3)12-14-11-13-9-7-8-10-15(13)14/h7-10,14,16,18H,6,11-12H2,1-5H3. The molecular weight excluding hydrogens is 232 g/mol. The van der Waals surface area contributed by atoms with E-state index in [1.165, 1.54) is 19.3 Å². The van der Waals surface area contributed by atoms with Crippen molar-refractivity contribution < 1.29 is 0 Å². The van der Waals surface area contributed by atoms with Crippen LogP contribution < -0.4 is 5.32 Å². The van der Waals surface area contributed by atoms with Crippen molar-refractivity contribution in [2.75, 3.05) is 21.1 Å². The highest BCUT2D eigenvalue weighted by Crippen LogP contribution is 2.40. The number of likely N-dealkylation sites (N-methyl/N-ethyl adjacent to an activating group) is 2. The second-order valence-electron chi connectivity index (χ2n) is 6.28. The maximum atomic E-state index is 3.56. The molecule has 0 heterocycles. The summed E-state index contributed by atoms with van der Waals surface area (Å²) in [6.45, 7) is 4.66. The number of nitrogens with one attached hydrogen (secondary N) is 1. The molecule has 3 atom stereocenters. The number of benzene rings is 1. The van der Waals surface area contributed by atoms with Gasteiger partial charge in [0.05, 0.1) is 0 Å². The molecule has 1 aromatic carbocycles. The summed E-state index contributed by atoms with van der Waals surface area (Å²) >= 11 is 0. The predicted octanol–water partition coefficient (Wildman–Crippen LogP) is 3.03. The van der Waals surface area contributed by atoms with Gasteiger partial charge < -0.3 is 10.2 Å². The van der Waals surface area contributed by atoms with E-state index in [0.29, 0.717) is 6.04 Å². The summed E-state index contributed by atoms with van der Waals surface area (Å²) < 4.78 is 0. The van der Waals surface area contributed by atoms with E-state index in [2.05, 4.69) is 69.5 Å². The third-order valence-corrected chi connectivity index (χ3v) is 5.32. The zero-order valence-electron chi connectivity index (χ0n) is 13.0. The van der Waals surface area contributed by atoms with Crippen LogP contribution in [0.25, 0.3) is 0 Å². The summed E-state index contributed by atoms with van der Waals surface area (Å²) in [4.78, 5) is 2.37. The molecule has 0 aromatic heterocycles. The second kappa shape index (κ2) is 5.64. The van der Waals surface area contributed by atoms with Gasteiger partial charge in [-0.15, -0.1) is 0 Å². The van der Waals surface area contributed by atoms with Crippen LogP contribution in [0.5, 0.6) is 0 Å².